The Balaban J connectivity index is 1.63. The molecule has 0 atom stereocenters. The van der Waals surface area contributed by atoms with Gasteiger partial charge in [0.25, 0.3) is 0 Å². The van der Waals surface area contributed by atoms with Crippen LogP contribution in [0, 0.1) is 5.82 Å². The van der Waals surface area contributed by atoms with Gasteiger partial charge in [0.05, 0.1) is 10.7 Å². The van der Waals surface area contributed by atoms with Gasteiger partial charge in [-0.05, 0) is 29.8 Å². The van der Waals surface area contributed by atoms with Gasteiger partial charge in [-0.25, -0.2) is 9.18 Å². The second kappa shape index (κ2) is 7.77. The van der Waals surface area contributed by atoms with E-state index >= 15 is 0 Å². The van der Waals surface area contributed by atoms with Crippen LogP contribution in [-0.4, -0.2) is 16.2 Å². The second-order valence-corrected chi connectivity index (χ2v) is 6.88. The summed E-state index contributed by atoms with van der Waals surface area (Å²) in [5, 5.41) is 14.7. The van der Waals surface area contributed by atoms with Crippen molar-refractivity contribution in [2.24, 2.45) is 0 Å². The summed E-state index contributed by atoms with van der Waals surface area (Å²) in [7, 11) is 0. The fourth-order valence-corrected chi connectivity index (χ4v) is 3.24. The predicted octanol–water partition coefficient (Wildman–Crippen LogP) is 5.22. The van der Waals surface area contributed by atoms with Gasteiger partial charge in [-0.15, -0.1) is 10.2 Å². The Labute approximate surface area is 156 Å². The molecule has 0 saturated carbocycles. The maximum Gasteiger partial charge on any atom is 0.325 e. The summed E-state index contributed by atoms with van der Waals surface area (Å²) in [6.45, 7) is 0. The number of nitrogens with one attached hydrogen (secondary N) is 2. The predicted molar refractivity (Wildman–Crippen MR) is 98.2 cm³/mol. The molecule has 0 aliphatic carbocycles. The van der Waals surface area contributed by atoms with Crippen molar-refractivity contribution in [3.05, 3.63) is 68.9 Å². The molecule has 2 amide bonds. The maximum absolute atomic E-state index is 13.7. The molecule has 0 bridgehead atoms. The van der Waals surface area contributed by atoms with Gasteiger partial charge in [0.2, 0.25) is 5.13 Å². The fraction of sp³-hybridized carbons (Fsp3) is 0.0625. The zero-order chi connectivity index (χ0) is 17.8. The normalized spacial score (nSPS) is 10.5. The van der Waals surface area contributed by atoms with Gasteiger partial charge in [-0.2, -0.15) is 0 Å². The second-order valence-electron chi connectivity index (χ2n) is 4.97. The monoisotopic (exact) mass is 396 g/mol. The molecule has 0 saturated heterocycles. The van der Waals surface area contributed by atoms with E-state index in [0.717, 1.165) is 0 Å². The van der Waals surface area contributed by atoms with Crippen LogP contribution in [0.4, 0.5) is 20.0 Å². The van der Waals surface area contributed by atoms with Crippen LogP contribution in [0.5, 0.6) is 0 Å². The van der Waals surface area contributed by atoms with E-state index < -0.39 is 6.03 Å². The van der Waals surface area contributed by atoms with Crippen molar-refractivity contribution < 1.29 is 9.18 Å². The number of anilines is 2. The van der Waals surface area contributed by atoms with E-state index in [-0.39, 0.29) is 5.82 Å². The van der Waals surface area contributed by atoms with E-state index in [1.165, 1.54) is 23.5 Å². The first-order chi connectivity index (χ1) is 12.0. The van der Waals surface area contributed by atoms with Crippen molar-refractivity contribution in [1.82, 2.24) is 10.2 Å². The Bertz CT molecular complexity index is 919. The van der Waals surface area contributed by atoms with Crippen molar-refractivity contribution in [3.63, 3.8) is 0 Å². The van der Waals surface area contributed by atoms with Crippen LogP contribution in [0.15, 0.2) is 42.5 Å². The number of carbonyl (C=O) groups excluding carboxylic acids is 1. The van der Waals surface area contributed by atoms with Crippen LogP contribution in [0.1, 0.15) is 10.6 Å². The van der Waals surface area contributed by atoms with E-state index in [1.807, 2.05) is 0 Å². The van der Waals surface area contributed by atoms with Crippen molar-refractivity contribution >= 4 is 51.4 Å². The Kier molecular flexibility index (Phi) is 5.47. The van der Waals surface area contributed by atoms with Gasteiger partial charge < -0.3 is 5.32 Å². The molecule has 2 N–H and O–H groups in total. The highest BCUT2D eigenvalue weighted by Crippen LogP contribution is 2.26. The molecule has 0 aliphatic rings. The van der Waals surface area contributed by atoms with Gasteiger partial charge in [-0.3, -0.25) is 5.32 Å². The summed E-state index contributed by atoms with van der Waals surface area (Å²) in [4.78, 5) is 12.0. The van der Waals surface area contributed by atoms with E-state index in [9.17, 15) is 9.18 Å². The third-order valence-corrected chi connectivity index (χ3v) is 4.55. The summed E-state index contributed by atoms with van der Waals surface area (Å²) in [5.74, 6) is -0.303. The number of hydrogen-bond acceptors (Lipinski definition) is 4. The number of nitrogens with zero attached hydrogens (tertiary/aromatic N) is 2. The minimum absolute atomic E-state index is 0.300. The molecule has 2 aromatic carbocycles. The molecule has 1 heterocycles. The first-order valence-corrected chi connectivity index (χ1v) is 8.67. The zero-order valence-electron chi connectivity index (χ0n) is 12.6. The SMILES string of the molecule is O=C(Nc1nnc(Cc2ccccc2F)s1)Nc1ccc(Cl)cc1Cl. The third kappa shape index (κ3) is 4.66. The molecule has 1 aromatic heterocycles. The molecule has 0 aliphatic heterocycles. The van der Waals surface area contributed by atoms with Gasteiger partial charge in [0.1, 0.15) is 10.8 Å². The molecule has 9 heteroatoms. The number of benzene rings is 2. The van der Waals surface area contributed by atoms with E-state index in [4.69, 9.17) is 23.2 Å². The van der Waals surface area contributed by atoms with Crippen molar-refractivity contribution in [3.8, 4) is 0 Å². The largest absolute Gasteiger partial charge is 0.325 e. The minimum Gasteiger partial charge on any atom is -0.306 e. The summed E-state index contributed by atoms with van der Waals surface area (Å²) in [6, 6.07) is 10.7. The Morgan fingerprint density at radius 2 is 1.92 bits per heavy atom. The quantitative estimate of drug-likeness (QED) is 0.635. The molecule has 0 spiro atoms. The van der Waals surface area contributed by atoms with E-state index in [0.29, 0.717) is 37.9 Å². The lowest BCUT2D eigenvalue weighted by Crippen LogP contribution is -2.19. The Hall–Kier alpha value is -2.22. The lowest BCUT2D eigenvalue weighted by atomic mass is 10.1. The number of urea groups is 1. The van der Waals surface area contributed by atoms with E-state index in [1.54, 1.807) is 30.3 Å². The minimum atomic E-state index is -0.516. The van der Waals surface area contributed by atoms with Gasteiger partial charge in [0, 0.05) is 11.4 Å². The van der Waals surface area contributed by atoms with Gasteiger partial charge in [-0.1, -0.05) is 52.7 Å². The van der Waals surface area contributed by atoms with Crippen molar-refractivity contribution in [2.45, 2.75) is 6.42 Å². The standard InChI is InChI=1S/C16H11Cl2FN4OS/c17-10-5-6-13(11(18)8-10)20-15(24)21-16-23-22-14(25-16)7-9-3-1-2-4-12(9)19/h1-6,8H,7H2,(H2,20,21,23,24). The average molecular weight is 397 g/mol. The summed E-state index contributed by atoms with van der Waals surface area (Å²) < 4.78 is 13.7. The summed E-state index contributed by atoms with van der Waals surface area (Å²) in [6.07, 6.45) is 0.302. The average Bonchev–Trinajstić information content (AvgIpc) is 2.99. The lowest BCUT2D eigenvalue weighted by Gasteiger charge is -2.07. The molecule has 0 fully saturated rings. The van der Waals surface area contributed by atoms with Gasteiger partial charge >= 0.3 is 6.03 Å². The van der Waals surface area contributed by atoms with Crippen LogP contribution in [0.25, 0.3) is 0 Å². The Morgan fingerprint density at radius 1 is 1.12 bits per heavy atom. The highest BCUT2D eigenvalue weighted by molar-refractivity contribution is 7.15. The maximum atomic E-state index is 13.7. The summed E-state index contributed by atoms with van der Waals surface area (Å²) in [5.41, 5.74) is 0.933. The number of halogens is 3. The number of amides is 2. The van der Waals surface area contributed by atoms with Crippen molar-refractivity contribution in [1.29, 1.82) is 0 Å². The van der Waals surface area contributed by atoms with Crippen LogP contribution >= 0.6 is 34.5 Å². The number of carbonyl (C=O) groups is 1. The topological polar surface area (TPSA) is 66.9 Å². The van der Waals surface area contributed by atoms with Gasteiger partial charge in [0.15, 0.2) is 0 Å². The molecule has 128 valence electrons. The highest BCUT2D eigenvalue weighted by atomic mass is 35.5. The van der Waals surface area contributed by atoms with Crippen molar-refractivity contribution in [2.75, 3.05) is 10.6 Å². The smallest absolute Gasteiger partial charge is 0.306 e. The van der Waals surface area contributed by atoms with Crippen LogP contribution in [0.3, 0.4) is 0 Å². The fourth-order valence-electron chi connectivity index (χ4n) is 2.02. The van der Waals surface area contributed by atoms with E-state index in [2.05, 4.69) is 20.8 Å². The molecule has 25 heavy (non-hydrogen) atoms. The van der Waals surface area contributed by atoms with Crippen LogP contribution < -0.4 is 10.6 Å². The molecule has 3 rings (SSSR count). The Morgan fingerprint density at radius 3 is 2.68 bits per heavy atom. The molecular formula is C16H11Cl2FN4OS. The first-order valence-electron chi connectivity index (χ1n) is 7.10. The lowest BCUT2D eigenvalue weighted by molar-refractivity contribution is 0.262. The molecular weight excluding hydrogens is 386 g/mol. The number of aromatic nitrogens is 2. The number of rotatable bonds is 4. The molecule has 5 nitrogen and oxygen atoms in total. The molecule has 0 radical (unpaired) electrons. The highest BCUT2D eigenvalue weighted by Gasteiger charge is 2.11. The zero-order valence-corrected chi connectivity index (χ0v) is 14.9. The number of hydrogen-bond donors (Lipinski definition) is 2. The first kappa shape index (κ1) is 17.6. The molecule has 0 unspecified atom stereocenters. The van der Waals surface area contributed by atoms with Crippen LogP contribution in [0.2, 0.25) is 10.0 Å². The third-order valence-electron chi connectivity index (χ3n) is 3.17. The molecule has 3 aromatic rings. The summed E-state index contributed by atoms with van der Waals surface area (Å²) >= 11 is 13.0. The van der Waals surface area contributed by atoms with Crippen LogP contribution in [-0.2, 0) is 6.42 Å².